The Morgan fingerprint density at radius 1 is 1.00 bits per heavy atom. The molecule has 9 heteroatoms. The first-order valence-corrected chi connectivity index (χ1v) is 13.8. The van der Waals surface area contributed by atoms with Gasteiger partial charge in [-0.25, -0.2) is 9.97 Å². The van der Waals surface area contributed by atoms with E-state index < -0.39 is 5.97 Å². The maximum atomic E-state index is 10.8. The van der Waals surface area contributed by atoms with Crippen LogP contribution in [-0.4, -0.2) is 85.8 Å². The van der Waals surface area contributed by atoms with Crippen LogP contribution in [-0.2, 0) is 30.8 Å². The number of piperidine rings is 1. The van der Waals surface area contributed by atoms with Crippen LogP contribution in [0.2, 0.25) is 0 Å². The van der Waals surface area contributed by atoms with Crippen LogP contribution in [0.25, 0.3) is 0 Å². The second-order valence-corrected chi connectivity index (χ2v) is 11.2. The van der Waals surface area contributed by atoms with Crippen molar-refractivity contribution >= 4 is 5.97 Å². The lowest BCUT2D eigenvalue weighted by molar-refractivity contribution is -0.137. The predicted molar refractivity (Wildman–Crippen MR) is 141 cm³/mol. The van der Waals surface area contributed by atoms with Gasteiger partial charge in [0, 0.05) is 63.9 Å². The summed E-state index contributed by atoms with van der Waals surface area (Å²) in [5.41, 5.74) is 0.571. The second-order valence-electron chi connectivity index (χ2n) is 11.2. The Kier molecular flexibility index (Phi) is 9.56. The van der Waals surface area contributed by atoms with Crippen molar-refractivity contribution in [2.45, 2.75) is 72.0 Å². The molecule has 200 valence electrons. The van der Waals surface area contributed by atoms with E-state index in [2.05, 4.69) is 49.7 Å². The van der Waals surface area contributed by atoms with Crippen LogP contribution in [0.3, 0.4) is 0 Å². The van der Waals surface area contributed by atoms with E-state index in [0.717, 1.165) is 43.5 Å². The van der Waals surface area contributed by atoms with Crippen molar-refractivity contribution in [3.63, 3.8) is 0 Å². The van der Waals surface area contributed by atoms with Gasteiger partial charge in [-0.05, 0) is 63.2 Å². The second kappa shape index (κ2) is 12.8. The number of nitrogens with zero attached hydrogens (tertiary/aromatic N) is 6. The van der Waals surface area contributed by atoms with Crippen LogP contribution in [0.15, 0.2) is 24.8 Å². The van der Waals surface area contributed by atoms with Gasteiger partial charge in [0.15, 0.2) is 0 Å². The first-order valence-electron chi connectivity index (χ1n) is 13.8. The molecule has 0 saturated carbocycles. The fourth-order valence-corrected chi connectivity index (χ4v) is 5.92. The molecule has 2 aromatic heterocycles. The van der Waals surface area contributed by atoms with Crippen molar-refractivity contribution in [2.24, 2.45) is 11.3 Å². The number of hydrogen-bond acceptors (Lipinski definition) is 6. The van der Waals surface area contributed by atoms with Crippen LogP contribution < -0.4 is 5.32 Å². The molecule has 0 amide bonds. The Labute approximate surface area is 215 Å². The molecule has 2 saturated heterocycles. The van der Waals surface area contributed by atoms with E-state index >= 15 is 0 Å². The summed E-state index contributed by atoms with van der Waals surface area (Å²) in [7, 11) is 0. The number of carbonyl (C=O) groups is 1. The third-order valence-electron chi connectivity index (χ3n) is 7.91. The minimum absolute atomic E-state index is 0.107. The summed E-state index contributed by atoms with van der Waals surface area (Å²) in [4.78, 5) is 25.1. The molecule has 0 aliphatic carbocycles. The highest BCUT2D eigenvalue weighted by Crippen LogP contribution is 2.40. The summed E-state index contributed by atoms with van der Waals surface area (Å²) in [6, 6.07) is 0. The Bertz CT molecular complexity index is 946. The van der Waals surface area contributed by atoms with E-state index in [-0.39, 0.29) is 6.42 Å². The minimum Gasteiger partial charge on any atom is -0.481 e. The van der Waals surface area contributed by atoms with Crippen molar-refractivity contribution < 1.29 is 9.90 Å². The topological polar surface area (TPSA) is 91.5 Å². The summed E-state index contributed by atoms with van der Waals surface area (Å²) >= 11 is 0. The van der Waals surface area contributed by atoms with Crippen molar-refractivity contribution in [3.05, 3.63) is 36.4 Å². The Hall–Kier alpha value is -2.23. The minimum atomic E-state index is -0.791. The lowest BCUT2D eigenvalue weighted by atomic mass is 9.77. The number of aromatic nitrogens is 4. The largest absolute Gasteiger partial charge is 0.481 e. The van der Waals surface area contributed by atoms with Gasteiger partial charge in [0.2, 0.25) is 0 Å². The highest BCUT2D eigenvalue weighted by molar-refractivity contribution is 5.66. The fourth-order valence-electron chi connectivity index (χ4n) is 5.92. The molecule has 0 bridgehead atoms. The number of rotatable bonds is 14. The van der Waals surface area contributed by atoms with Gasteiger partial charge in [0.25, 0.3) is 0 Å². The number of nitrogens with one attached hydrogen (secondary N) is 1. The average Bonchev–Trinajstić information content (AvgIpc) is 3.58. The molecule has 2 aromatic rings. The van der Waals surface area contributed by atoms with Gasteiger partial charge in [0.05, 0.1) is 13.0 Å². The van der Waals surface area contributed by atoms with Crippen LogP contribution in [0.5, 0.6) is 0 Å². The number of likely N-dealkylation sites (tertiary alicyclic amines) is 2. The maximum Gasteiger partial charge on any atom is 0.305 e. The van der Waals surface area contributed by atoms with Crippen molar-refractivity contribution in [1.29, 1.82) is 0 Å². The van der Waals surface area contributed by atoms with Crippen LogP contribution in [0, 0.1) is 11.3 Å². The lowest BCUT2D eigenvalue weighted by Gasteiger charge is -2.40. The van der Waals surface area contributed by atoms with Gasteiger partial charge < -0.3 is 29.4 Å². The molecule has 2 aliphatic heterocycles. The van der Waals surface area contributed by atoms with Crippen molar-refractivity contribution in [2.75, 3.05) is 45.8 Å². The zero-order chi connectivity index (χ0) is 25.4. The van der Waals surface area contributed by atoms with Crippen molar-refractivity contribution in [1.82, 2.24) is 34.2 Å². The summed E-state index contributed by atoms with van der Waals surface area (Å²) in [6.45, 7) is 15.1. The number of aliphatic carboxylic acids is 1. The van der Waals surface area contributed by atoms with E-state index in [9.17, 15) is 4.79 Å². The molecule has 1 spiro atoms. The highest BCUT2D eigenvalue weighted by atomic mass is 16.4. The van der Waals surface area contributed by atoms with Crippen LogP contribution in [0.1, 0.15) is 57.6 Å². The molecule has 0 atom stereocenters. The molecule has 4 heterocycles. The normalized spacial score (nSPS) is 18.5. The zero-order valence-electron chi connectivity index (χ0n) is 22.2. The number of hydrogen-bond donors (Lipinski definition) is 2. The van der Waals surface area contributed by atoms with Crippen molar-refractivity contribution in [3.8, 4) is 0 Å². The molecule has 2 fully saturated rings. The van der Waals surface area contributed by atoms with Crippen LogP contribution in [0.4, 0.5) is 0 Å². The number of aryl methyl sites for hydroxylation is 2. The smallest absolute Gasteiger partial charge is 0.305 e. The molecule has 2 aliphatic rings. The molecule has 9 nitrogen and oxygen atoms in total. The Balaban J connectivity index is 1.13. The van der Waals surface area contributed by atoms with Gasteiger partial charge in [-0.15, -0.1) is 0 Å². The van der Waals surface area contributed by atoms with Gasteiger partial charge in [-0.1, -0.05) is 13.8 Å². The summed E-state index contributed by atoms with van der Waals surface area (Å²) in [5, 5.41) is 12.3. The van der Waals surface area contributed by atoms with Gasteiger partial charge in [-0.2, -0.15) is 0 Å². The zero-order valence-corrected chi connectivity index (χ0v) is 22.2. The monoisotopic (exact) mass is 499 g/mol. The lowest BCUT2D eigenvalue weighted by Crippen LogP contribution is -2.42. The number of carboxylic acids is 1. The number of imidazole rings is 2. The molecule has 0 aromatic carbocycles. The maximum absolute atomic E-state index is 10.8. The van der Waals surface area contributed by atoms with E-state index in [1.165, 1.54) is 58.5 Å². The SMILES string of the molecule is CC(C)CN1CCC2(CC1)CCN(CCCn1ccnc1CCNCc1nccn1CCC(=O)O)C2. The summed E-state index contributed by atoms with van der Waals surface area (Å²) in [5.74, 6) is 1.96. The Morgan fingerprint density at radius 3 is 2.36 bits per heavy atom. The van der Waals surface area contributed by atoms with Gasteiger partial charge in [-0.3, -0.25) is 4.79 Å². The highest BCUT2D eigenvalue weighted by Gasteiger charge is 2.40. The standard InChI is InChI=1S/C27H45N7O2/c1-23(2)21-31-15-6-27(7-16-31)8-17-32(22-27)12-3-13-33-18-10-29-24(33)4-9-28-20-25-30-11-19-34(25)14-5-26(35)36/h10-11,18-19,23,28H,3-9,12-17,20-22H2,1-2H3,(H,35,36). The van der Waals surface area contributed by atoms with Gasteiger partial charge >= 0.3 is 5.97 Å². The first-order chi connectivity index (χ1) is 17.4. The predicted octanol–water partition coefficient (Wildman–Crippen LogP) is 2.72. The van der Waals surface area contributed by atoms with E-state index in [4.69, 9.17) is 5.11 Å². The molecule has 2 N–H and O–H groups in total. The summed E-state index contributed by atoms with van der Waals surface area (Å²) in [6.07, 6.45) is 13.8. The fraction of sp³-hybridized carbons (Fsp3) is 0.741. The third-order valence-corrected chi connectivity index (χ3v) is 7.91. The number of carboxylic acid groups (broad SMARTS) is 1. The third kappa shape index (κ3) is 7.63. The molecule has 0 unspecified atom stereocenters. The van der Waals surface area contributed by atoms with Crippen LogP contribution >= 0.6 is 0 Å². The molecular formula is C27H45N7O2. The molecular weight excluding hydrogens is 454 g/mol. The quantitative estimate of drug-likeness (QED) is 0.386. The average molecular weight is 500 g/mol. The van der Waals surface area contributed by atoms with E-state index in [0.29, 0.717) is 18.5 Å². The molecule has 4 rings (SSSR count). The van der Waals surface area contributed by atoms with E-state index in [1.807, 2.05) is 17.0 Å². The summed E-state index contributed by atoms with van der Waals surface area (Å²) < 4.78 is 4.20. The molecule has 36 heavy (non-hydrogen) atoms. The first kappa shape index (κ1) is 26.8. The van der Waals surface area contributed by atoms with Gasteiger partial charge in [0.1, 0.15) is 11.6 Å². The Morgan fingerprint density at radius 2 is 1.67 bits per heavy atom. The van der Waals surface area contributed by atoms with E-state index in [1.54, 1.807) is 6.20 Å². The molecule has 0 radical (unpaired) electrons.